The topological polar surface area (TPSA) is 45.5 Å². The molecule has 22 heavy (non-hydrogen) atoms. The first-order valence-corrected chi connectivity index (χ1v) is 8.98. The number of benzene rings is 1. The number of hydrogen-bond acceptors (Lipinski definition) is 3. The van der Waals surface area contributed by atoms with Crippen LogP contribution in [0.4, 0.5) is 0 Å². The van der Waals surface area contributed by atoms with Crippen LogP contribution in [0.25, 0.3) is 16.6 Å². The molecule has 0 aliphatic carbocycles. The molecule has 1 fully saturated rings. The Balaban J connectivity index is 2.08. The zero-order valence-electron chi connectivity index (χ0n) is 12.8. The van der Waals surface area contributed by atoms with Gasteiger partial charge in [-0.1, -0.05) is 18.2 Å². The van der Waals surface area contributed by atoms with Crippen molar-refractivity contribution in [2.24, 2.45) is 7.05 Å². The van der Waals surface area contributed by atoms with Crippen molar-refractivity contribution in [3.05, 3.63) is 36.2 Å². The smallest absolute Gasteiger partial charge is 0.266 e. The van der Waals surface area contributed by atoms with Crippen molar-refractivity contribution in [1.82, 2.24) is 13.8 Å². The van der Waals surface area contributed by atoms with E-state index in [-0.39, 0.29) is 0 Å². The molecule has 0 bridgehead atoms. The van der Waals surface area contributed by atoms with E-state index in [1.807, 2.05) is 35.9 Å². The number of rotatable bonds is 1. The number of aromatic nitrogens is 1. The quantitative estimate of drug-likeness (QED) is 0.810. The molecular weight excluding hydrogens is 298 g/mol. The van der Waals surface area contributed by atoms with Crippen molar-refractivity contribution in [3.63, 3.8) is 0 Å². The van der Waals surface area contributed by atoms with E-state index in [1.54, 1.807) is 13.2 Å². The summed E-state index contributed by atoms with van der Waals surface area (Å²) in [4.78, 5) is 2.74. The molecule has 5 nitrogen and oxygen atoms in total. The monoisotopic (exact) mass is 317 g/mol. The maximum absolute atomic E-state index is 12.8. The van der Waals surface area contributed by atoms with Crippen LogP contribution in [0.5, 0.6) is 0 Å². The zero-order chi connectivity index (χ0) is 15.5. The molecule has 3 heterocycles. The van der Waals surface area contributed by atoms with Crippen molar-refractivity contribution in [1.29, 1.82) is 0 Å². The molecule has 116 valence electrons. The zero-order valence-corrected chi connectivity index (χ0v) is 13.6. The lowest BCUT2D eigenvalue weighted by Gasteiger charge is -2.30. The molecule has 1 aromatic heterocycles. The molecule has 2 aliphatic heterocycles. The number of hydrogen-bond donors (Lipinski definition) is 0. The first-order chi connectivity index (χ1) is 10.5. The Labute approximate surface area is 130 Å². The Kier molecular flexibility index (Phi) is 2.81. The van der Waals surface area contributed by atoms with Gasteiger partial charge in [-0.3, -0.25) is 4.31 Å². The summed E-state index contributed by atoms with van der Waals surface area (Å²) in [5.74, 6) is 0. The fourth-order valence-electron chi connectivity index (χ4n) is 3.54. The van der Waals surface area contributed by atoms with Crippen LogP contribution in [0.3, 0.4) is 0 Å². The molecule has 0 radical (unpaired) electrons. The van der Waals surface area contributed by atoms with Gasteiger partial charge in [0.05, 0.1) is 11.4 Å². The molecule has 4 rings (SSSR count). The van der Waals surface area contributed by atoms with Crippen LogP contribution in [0, 0.1) is 0 Å². The van der Waals surface area contributed by atoms with Gasteiger partial charge in [-0.2, -0.15) is 0 Å². The van der Waals surface area contributed by atoms with Gasteiger partial charge >= 0.3 is 0 Å². The highest BCUT2D eigenvalue weighted by molar-refractivity contribution is 7.89. The molecule has 0 saturated carbocycles. The summed E-state index contributed by atoms with van der Waals surface area (Å²) in [6.07, 6.45) is 4.09. The number of sulfonamides is 1. The predicted molar refractivity (Wildman–Crippen MR) is 86.7 cm³/mol. The first kappa shape index (κ1) is 13.7. The molecule has 0 amide bonds. The van der Waals surface area contributed by atoms with E-state index >= 15 is 0 Å². The van der Waals surface area contributed by atoms with E-state index in [4.69, 9.17) is 0 Å². The van der Waals surface area contributed by atoms with Gasteiger partial charge in [0, 0.05) is 44.3 Å². The molecule has 0 atom stereocenters. The lowest BCUT2D eigenvalue weighted by Crippen LogP contribution is -2.31. The average Bonchev–Trinajstić information content (AvgIpc) is 3.11. The lowest BCUT2D eigenvalue weighted by molar-refractivity contribution is 0.469. The molecule has 2 aromatic rings. The van der Waals surface area contributed by atoms with Gasteiger partial charge in [-0.25, -0.2) is 8.42 Å². The Hall–Kier alpha value is -1.95. The molecule has 1 aromatic carbocycles. The van der Waals surface area contributed by atoms with E-state index in [9.17, 15) is 8.42 Å². The predicted octanol–water partition coefficient (Wildman–Crippen LogP) is 2.21. The molecule has 0 spiro atoms. The third kappa shape index (κ3) is 1.67. The fraction of sp³-hybridized carbons (Fsp3) is 0.375. The SMILES string of the molecule is CN1C=C(N2CCCC2)c2c(c3ccccc3n2C)S1(=O)=O. The van der Waals surface area contributed by atoms with Gasteiger partial charge < -0.3 is 9.47 Å². The highest BCUT2D eigenvalue weighted by Crippen LogP contribution is 2.40. The maximum Gasteiger partial charge on any atom is 0.266 e. The highest BCUT2D eigenvalue weighted by Gasteiger charge is 2.36. The van der Waals surface area contributed by atoms with Crippen LogP contribution in [-0.4, -0.2) is 42.3 Å². The third-order valence-electron chi connectivity index (χ3n) is 4.69. The summed E-state index contributed by atoms with van der Waals surface area (Å²) in [5.41, 5.74) is 2.79. The Morgan fingerprint density at radius 1 is 1.05 bits per heavy atom. The number of aryl methyl sites for hydroxylation is 1. The van der Waals surface area contributed by atoms with Crippen molar-refractivity contribution in [2.75, 3.05) is 20.1 Å². The number of nitrogens with zero attached hydrogens (tertiary/aromatic N) is 3. The first-order valence-electron chi connectivity index (χ1n) is 7.54. The van der Waals surface area contributed by atoms with Crippen molar-refractivity contribution < 1.29 is 8.42 Å². The third-order valence-corrected chi connectivity index (χ3v) is 6.48. The molecule has 1 saturated heterocycles. The van der Waals surface area contributed by atoms with Gasteiger partial charge in [-0.05, 0) is 18.9 Å². The Morgan fingerprint density at radius 3 is 2.45 bits per heavy atom. The second-order valence-corrected chi connectivity index (χ2v) is 7.92. The fourth-order valence-corrected chi connectivity index (χ4v) is 5.01. The van der Waals surface area contributed by atoms with Gasteiger partial charge in [0.2, 0.25) is 0 Å². The minimum atomic E-state index is -3.48. The minimum absolute atomic E-state index is 0.442. The van der Waals surface area contributed by atoms with Crippen LogP contribution in [0.15, 0.2) is 35.4 Å². The van der Waals surface area contributed by atoms with Crippen LogP contribution in [0.2, 0.25) is 0 Å². The second kappa shape index (κ2) is 4.52. The van der Waals surface area contributed by atoms with Crippen LogP contribution < -0.4 is 0 Å². The molecule has 0 N–H and O–H groups in total. The van der Waals surface area contributed by atoms with E-state index < -0.39 is 10.0 Å². The maximum atomic E-state index is 12.8. The molecule has 0 unspecified atom stereocenters. The average molecular weight is 317 g/mol. The largest absolute Gasteiger partial charge is 0.369 e. The van der Waals surface area contributed by atoms with E-state index in [0.717, 1.165) is 48.2 Å². The lowest BCUT2D eigenvalue weighted by atomic mass is 10.2. The van der Waals surface area contributed by atoms with Gasteiger partial charge in [-0.15, -0.1) is 0 Å². The summed E-state index contributed by atoms with van der Waals surface area (Å²) in [5, 5.41) is 0.802. The van der Waals surface area contributed by atoms with E-state index in [1.165, 1.54) is 4.31 Å². The summed E-state index contributed by atoms with van der Waals surface area (Å²) < 4.78 is 29.1. The minimum Gasteiger partial charge on any atom is -0.369 e. The van der Waals surface area contributed by atoms with Crippen molar-refractivity contribution in [3.8, 4) is 0 Å². The molecule has 6 heteroatoms. The summed E-state index contributed by atoms with van der Waals surface area (Å²) >= 11 is 0. The van der Waals surface area contributed by atoms with Gasteiger partial charge in [0.25, 0.3) is 10.0 Å². The van der Waals surface area contributed by atoms with Gasteiger partial charge in [0.15, 0.2) is 0 Å². The standard InChI is InChI=1S/C16H19N3O2S/c1-17-11-14(19-9-5-6-10-19)15-16(22(17,20)21)12-7-3-4-8-13(12)18(15)2/h3-4,7-8,11H,5-6,9-10H2,1-2H3. The van der Waals surface area contributed by atoms with Crippen LogP contribution >= 0.6 is 0 Å². The van der Waals surface area contributed by atoms with Crippen molar-refractivity contribution >= 4 is 26.6 Å². The van der Waals surface area contributed by atoms with Crippen LogP contribution in [0.1, 0.15) is 18.5 Å². The Morgan fingerprint density at radius 2 is 1.73 bits per heavy atom. The van der Waals surface area contributed by atoms with Crippen molar-refractivity contribution in [2.45, 2.75) is 17.7 Å². The van der Waals surface area contributed by atoms with E-state index in [0.29, 0.717) is 4.90 Å². The second-order valence-electron chi connectivity index (χ2n) is 5.98. The number of fused-ring (bicyclic) bond motifs is 3. The normalized spacial score (nSPS) is 20.4. The summed E-state index contributed by atoms with van der Waals surface area (Å²) in [6.45, 7) is 1.97. The summed E-state index contributed by atoms with van der Waals surface area (Å²) in [7, 11) is 0.0919. The summed E-state index contributed by atoms with van der Waals surface area (Å²) in [6, 6.07) is 7.71. The van der Waals surface area contributed by atoms with Gasteiger partial charge in [0.1, 0.15) is 4.90 Å². The number of para-hydroxylation sites is 1. The number of likely N-dealkylation sites (tertiary alicyclic amines) is 1. The van der Waals surface area contributed by atoms with E-state index in [2.05, 4.69) is 4.90 Å². The van der Waals surface area contributed by atoms with Crippen LogP contribution in [-0.2, 0) is 17.1 Å². The molecule has 2 aliphatic rings. The molecular formula is C16H19N3O2S. The Bertz CT molecular complexity index is 889. The highest BCUT2D eigenvalue weighted by atomic mass is 32.2.